The van der Waals surface area contributed by atoms with Crippen molar-refractivity contribution in [3.8, 4) is 5.75 Å². The molecule has 0 saturated heterocycles. The molecule has 27 heavy (non-hydrogen) atoms. The van der Waals surface area contributed by atoms with E-state index < -0.39 is 5.54 Å². The van der Waals surface area contributed by atoms with E-state index in [-0.39, 0.29) is 18.5 Å². The smallest absolute Gasteiger partial charge is 0.260 e. The predicted octanol–water partition coefficient (Wildman–Crippen LogP) is 3.11. The van der Waals surface area contributed by atoms with Gasteiger partial charge in [0.2, 0.25) is 0 Å². The number of nitrogens with two attached hydrogens (primary N) is 1. The lowest BCUT2D eigenvalue weighted by atomic mass is 9.79. The molecule has 1 aliphatic heterocycles. The van der Waals surface area contributed by atoms with Crippen LogP contribution in [0.5, 0.6) is 5.75 Å². The van der Waals surface area contributed by atoms with E-state index in [4.69, 9.17) is 10.5 Å². The summed E-state index contributed by atoms with van der Waals surface area (Å²) in [7, 11) is 1.69. The molecule has 1 saturated carbocycles. The largest absolute Gasteiger partial charge is 0.490 e. The Kier molecular flexibility index (Phi) is 4.72. The van der Waals surface area contributed by atoms with E-state index in [2.05, 4.69) is 9.98 Å². The molecule has 1 aromatic heterocycles. The number of nitrogens with zero attached hydrogens (tertiary/aromatic N) is 3. The number of likely N-dealkylation sites (N-methyl/N-ethyl adjacent to an activating group) is 1. The van der Waals surface area contributed by atoms with Crippen molar-refractivity contribution in [3.05, 3.63) is 36.5 Å². The number of carbonyl (C=O) groups excluding carboxylic acids is 1. The molecule has 1 aromatic carbocycles. The quantitative estimate of drug-likeness (QED) is 0.882. The first-order chi connectivity index (χ1) is 13.1. The van der Waals surface area contributed by atoms with Gasteiger partial charge in [-0.25, -0.2) is 4.99 Å². The Morgan fingerprint density at radius 1 is 1.26 bits per heavy atom. The maximum absolute atomic E-state index is 13.0. The normalized spacial score (nSPS) is 23.7. The highest BCUT2D eigenvalue weighted by atomic mass is 16.5. The summed E-state index contributed by atoms with van der Waals surface area (Å²) in [6.07, 6.45) is 8.50. The van der Waals surface area contributed by atoms with E-state index in [1.54, 1.807) is 13.2 Å². The summed E-state index contributed by atoms with van der Waals surface area (Å²) in [4.78, 5) is 23.4. The molecule has 1 aliphatic carbocycles. The highest BCUT2D eigenvalue weighted by Crippen LogP contribution is 2.36. The van der Waals surface area contributed by atoms with E-state index in [0.717, 1.165) is 29.5 Å². The third-order valence-corrected chi connectivity index (χ3v) is 5.78. The third-order valence-electron chi connectivity index (χ3n) is 5.78. The molecule has 0 spiro atoms. The number of guanidine groups is 1. The number of benzene rings is 1. The summed E-state index contributed by atoms with van der Waals surface area (Å²) in [5.74, 6) is 1.43. The molecule has 0 bridgehead atoms. The first kappa shape index (κ1) is 17.8. The molecule has 6 nitrogen and oxygen atoms in total. The van der Waals surface area contributed by atoms with Crippen LogP contribution in [0.1, 0.15) is 38.5 Å². The number of fused-ring (bicyclic) bond motifs is 1. The van der Waals surface area contributed by atoms with Crippen molar-refractivity contribution in [1.29, 1.82) is 0 Å². The van der Waals surface area contributed by atoms with E-state index in [9.17, 15) is 4.79 Å². The van der Waals surface area contributed by atoms with Gasteiger partial charge in [-0.05, 0) is 36.6 Å². The Hall–Kier alpha value is -2.63. The molecule has 1 atom stereocenters. The fourth-order valence-electron chi connectivity index (χ4n) is 4.26. The molecule has 1 fully saturated rings. The van der Waals surface area contributed by atoms with Crippen LogP contribution < -0.4 is 10.5 Å². The average molecular weight is 366 g/mol. The maximum Gasteiger partial charge on any atom is 0.260 e. The lowest BCUT2D eigenvalue weighted by molar-refractivity contribution is -0.132. The molecule has 2 heterocycles. The van der Waals surface area contributed by atoms with Crippen molar-refractivity contribution >= 4 is 22.8 Å². The molecule has 6 heteroatoms. The molecule has 0 radical (unpaired) electrons. The Bertz CT molecular complexity index is 875. The molecule has 2 N–H and O–H groups in total. The molecule has 1 amide bonds. The van der Waals surface area contributed by atoms with Gasteiger partial charge in [0.1, 0.15) is 12.4 Å². The lowest BCUT2D eigenvalue weighted by Crippen LogP contribution is -2.47. The SMILES string of the molecule is CN1C(=O)C(COc2ccc3ncccc3c2)(CC2CCCCC2)N=C1N. The van der Waals surface area contributed by atoms with Crippen LogP contribution in [0.15, 0.2) is 41.5 Å². The number of aliphatic imine (C=N–C) groups is 1. The van der Waals surface area contributed by atoms with Gasteiger partial charge in [0.15, 0.2) is 11.5 Å². The van der Waals surface area contributed by atoms with Crippen LogP contribution in [-0.4, -0.2) is 40.9 Å². The topological polar surface area (TPSA) is 80.8 Å². The van der Waals surface area contributed by atoms with Gasteiger partial charge >= 0.3 is 0 Å². The fraction of sp³-hybridized carbons (Fsp3) is 0.476. The van der Waals surface area contributed by atoms with Gasteiger partial charge in [-0.1, -0.05) is 38.2 Å². The van der Waals surface area contributed by atoms with E-state index >= 15 is 0 Å². The van der Waals surface area contributed by atoms with Crippen LogP contribution in [0, 0.1) is 5.92 Å². The maximum atomic E-state index is 13.0. The van der Waals surface area contributed by atoms with Gasteiger partial charge in [0, 0.05) is 18.6 Å². The Labute approximate surface area is 159 Å². The van der Waals surface area contributed by atoms with E-state index in [1.807, 2.05) is 30.3 Å². The number of carbonyl (C=O) groups is 1. The number of pyridine rings is 1. The van der Waals surface area contributed by atoms with Gasteiger partial charge in [0.05, 0.1) is 5.52 Å². The van der Waals surface area contributed by atoms with Crippen LogP contribution >= 0.6 is 0 Å². The minimum absolute atomic E-state index is 0.0620. The van der Waals surface area contributed by atoms with Crippen molar-refractivity contribution in [1.82, 2.24) is 9.88 Å². The number of rotatable bonds is 5. The molecule has 1 unspecified atom stereocenters. The predicted molar refractivity (Wildman–Crippen MR) is 106 cm³/mol. The van der Waals surface area contributed by atoms with Crippen molar-refractivity contribution in [2.45, 2.75) is 44.1 Å². The second kappa shape index (κ2) is 7.18. The second-order valence-electron chi connectivity index (χ2n) is 7.72. The van der Waals surface area contributed by atoms with E-state index in [0.29, 0.717) is 12.3 Å². The van der Waals surface area contributed by atoms with Crippen molar-refractivity contribution in [2.75, 3.05) is 13.7 Å². The van der Waals surface area contributed by atoms with Gasteiger partial charge in [-0.3, -0.25) is 14.7 Å². The third kappa shape index (κ3) is 3.48. The zero-order valence-electron chi connectivity index (χ0n) is 15.7. The van der Waals surface area contributed by atoms with Crippen molar-refractivity contribution < 1.29 is 9.53 Å². The summed E-state index contributed by atoms with van der Waals surface area (Å²) >= 11 is 0. The first-order valence-corrected chi connectivity index (χ1v) is 9.68. The highest BCUT2D eigenvalue weighted by molar-refractivity contribution is 6.06. The van der Waals surface area contributed by atoms with Crippen LogP contribution in [-0.2, 0) is 4.79 Å². The Morgan fingerprint density at radius 3 is 2.81 bits per heavy atom. The minimum atomic E-state index is -0.912. The van der Waals surface area contributed by atoms with Crippen molar-refractivity contribution in [2.24, 2.45) is 16.6 Å². The first-order valence-electron chi connectivity index (χ1n) is 9.68. The van der Waals surface area contributed by atoms with Crippen LogP contribution in [0.25, 0.3) is 10.9 Å². The number of hydrogen-bond acceptors (Lipinski definition) is 5. The number of aromatic nitrogens is 1. The Balaban J connectivity index is 1.56. The Morgan fingerprint density at radius 2 is 2.07 bits per heavy atom. The average Bonchev–Trinajstić information content (AvgIpc) is 2.91. The molecule has 142 valence electrons. The van der Waals surface area contributed by atoms with Crippen LogP contribution in [0.2, 0.25) is 0 Å². The fourth-order valence-corrected chi connectivity index (χ4v) is 4.26. The number of ether oxygens (including phenoxy) is 1. The van der Waals surface area contributed by atoms with Gasteiger partial charge in [0.25, 0.3) is 5.91 Å². The van der Waals surface area contributed by atoms with Gasteiger partial charge in [-0.15, -0.1) is 0 Å². The zero-order valence-corrected chi connectivity index (χ0v) is 15.7. The second-order valence-corrected chi connectivity index (χ2v) is 7.72. The van der Waals surface area contributed by atoms with Crippen molar-refractivity contribution in [3.63, 3.8) is 0 Å². The zero-order chi connectivity index (χ0) is 18.9. The van der Waals surface area contributed by atoms with Gasteiger partial charge in [-0.2, -0.15) is 0 Å². The molecular formula is C21H26N4O2. The van der Waals surface area contributed by atoms with Crippen LogP contribution in [0.3, 0.4) is 0 Å². The standard InChI is InChI=1S/C21H26N4O2/c1-25-19(26)21(24-20(25)22,13-15-6-3-2-4-7-15)14-27-17-9-10-18-16(12-17)8-5-11-23-18/h5,8-12,15H,2-4,6-7,13-14H2,1H3,(H2,22,24). The summed E-state index contributed by atoms with van der Waals surface area (Å²) in [6.45, 7) is 0.207. The number of hydrogen-bond donors (Lipinski definition) is 1. The summed E-state index contributed by atoms with van der Waals surface area (Å²) < 4.78 is 6.07. The van der Waals surface area contributed by atoms with E-state index in [1.165, 1.54) is 24.2 Å². The molecular weight excluding hydrogens is 340 g/mol. The highest BCUT2D eigenvalue weighted by Gasteiger charge is 2.48. The lowest BCUT2D eigenvalue weighted by Gasteiger charge is -2.31. The summed E-state index contributed by atoms with van der Waals surface area (Å²) in [5.41, 5.74) is 5.99. The molecule has 2 aliphatic rings. The molecule has 4 rings (SSSR count). The minimum Gasteiger partial charge on any atom is -0.490 e. The monoisotopic (exact) mass is 366 g/mol. The van der Waals surface area contributed by atoms with Gasteiger partial charge < -0.3 is 10.5 Å². The molecule has 2 aromatic rings. The summed E-state index contributed by atoms with van der Waals surface area (Å²) in [6, 6.07) is 9.67. The number of amides is 1. The van der Waals surface area contributed by atoms with Crippen LogP contribution in [0.4, 0.5) is 0 Å². The summed E-state index contributed by atoms with van der Waals surface area (Å²) in [5, 5.41) is 1.01.